The Morgan fingerprint density at radius 2 is 1.62 bits per heavy atom. The van der Waals surface area contributed by atoms with Crippen LogP contribution in [0.4, 0.5) is 0 Å². The Morgan fingerprint density at radius 1 is 0.810 bits per heavy atom. The molecule has 0 saturated carbocycles. The molecule has 1 heteroatoms. The quantitative estimate of drug-likeness (QED) is 0.841. The van der Waals surface area contributed by atoms with Gasteiger partial charge in [0.2, 0.25) is 0 Å². The zero-order chi connectivity index (χ0) is 14.1. The number of fused-ring (bicyclic) bond motifs is 2. The molecule has 2 bridgehead atoms. The molecule has 2 unspecified atom stereocenters. The van der Waals surface area contributed by atoms with Gasteiger partial charge in [-0.1, -0.05) is 61.0 Å². The van der Waals surface area contributed by atoms with E-state index in [1.807, 2.05) is 0 Å². The highest BCUT2D eigenvalue weighted by molar-refractivity contribution is 5.73. The van der Waals surface area contributed by atoms with E-state index in [4.69, 9.17) is 0 Å². The molecule has 2 heterocycles. The summed E-state index contributed by atoms with van der Waals surface area (Å²) in [6, 6.07) is 20.9. The van der Waals surface area contributed by atoms with Gasteiger partial charge in [0.25, 0.3) is 0 Å². The highest BCUT2D eigenvalue weighted by atomic mass is 15.0. The number of hydrogen-bond acceptors (Lipinski definition) is 1. The second kappa shape index (κ2) is 5.50. The molecule has 2 aliphatic rings. The average molecular weight is 275 g/mol. The zero-order valence-corrected chi connectivity index (χ0v) is 12.3. The molecule has 1 fully saturated rings. The average Bonchev–Trinajstić information content (AvgIpc) is 2.55. The number of rotatable bonds is 2. The van der Waals surface area contributed by atoms with Crippen molar-refractivity contribution in [3.8, 4) is 11.1 Å². The van der Waals surface area contributed by atoms with E-state index < -0.39 is 0 Å². The third kappa shape index (κ3) is 2.66. The van der Waals surface area contributed by atoms with Gasteiger partial charge in [0.05, 0.1) is 0 Å². The standard InChI is InChI=1S/C20H21N/c1-2-6-15(7-3-1)16-8-4-9-17(12-16)18-13-19-10-5-11-20(14-18)21-19/h1-4,6-9,12-13,19-21H,5,10-11,14H2. The van der Waals surface area contributed by atoms with Crippen LogP contribution < -0.4 is 5.32 Å². The minimum atomic E-state index is 0.591. The van der Waals surface area contributed by atoms with Crippen molar-refractivity contribution in [2.45, 2.75) is 37.8 Å². The van der Waals surface area contributed by atoms with Crippen molar-refractivity contribution in [2.24, 2.45) is 0 Å². The van der Waals surface area contributed by atoms with Crippen molar-refractivity contribution in [2.75, 3.05) is 0 Å². The third-order valence-electron chi connectivity index (χ3n) is 4.73. The maximum absolute atomic E-state index is 3.72. The van der Waals surface area contributed by atoms with Crippen LogP contribution in [0.15, 0.2) is 60.7 Å². The number of benzene rings is 2. The number of hydrogen-bond donors (Lipinski definition) is 1. The Kier molecular flexibility index (Phi) is 3.36. The largest absolute Gasteiger partial charge is 0.307 e. The molecule has 2 aromatic rings. The predicted molar refractivity (Wildman–Crippen MR) is 89.0 cm³/mol. The Labute approximate surface area is 126 Å². The summed E-state index contributed by atoms with van der Waals surface area (Å²) in [5, 5.41) is 3.72. The van der Waals surface area contributed by atoms with Crippen LogP contribution in [-0.4, -0.2) is 12.1 Å². The fraction of sp³-hybridized carbons (Fsp3) is 0.300. The van der Waals surface area contributed by atoms with Crippen LogP contribution in [0.3, 0.4) is 0 Å². The summed E-state index contributed by atoms with van der Waals surface area (Å²) in [4.78, 5) is 0. The maximum atomic E-state index is 3.72. The first-order valence-corrected chi connectivity index (χ1v) is 8.01. The van der Waals surface area contributed by atoms with Crippen LogP contribution in [-0.2, 0) is 0 Å². The molecular weight excluding hydrogens is 254 g/mol. The van der Waals surface area contributed by atoms with E-state index in [9.17, 15) is 0 Å². The van der Waals surface area contributed by atoms with E-state index in [-0.39, 0.29) is 0 Å². The molecule has 0 radical (unpaired) electrons. The third-order valence-corrected chi connectivity index (χ3v) is 4.73. The van der Waals surface area contributed by atoms with Gasteiger partial charge in [-0.3, -0.25) is 0 Å². The molecule has 4 rings (SSSR count). The second-order valence-electron chi connectivity index (χ2n) is 6.24. The lowest BCUT2D eigenvalue weighted by Crippen LogP contribution is -2.44. The molecule has 2 aliphatic heterocycles. The Balaban J connectivity index is 1.68. The smallest absolute Gasteiger partial charge is 0.0258 e. The summed E-state index contributed by atoms with van der Waals surface area (Å²) < 4.78 is 0. The fourth-order valence-corrected chi connectivity index (χ4v) is 3.67. The summed E-state index contributed by atoms with van der Waals surface area (Å²) >= 11 is 0. The molecule has 106 valence electrons. The second-order valence-corrected chi connectivity index (χ2v) is 6.24. The molecule has 2 atom stereocenters. The molecule has 1 nitrogen and oxygen atoms in total. The lowest BCUT2D eigenvalue weighted by molar-refractivity contribution is 0.348. The van der Waals surface area contributed by atoms with Gasteiger partial charge < -0.3 is 5.32 Å². The van der Waals surface area contributed by atoms with E-state index >= 15 is 0 Å². The monoisotopic (exact) mass is 275 g/mol. The van der Waals surface area contributed by atoms with E-state index in [2.05, 4.69) is 66.0 Å². The van der Waals surface area contributed by atoms with Gasteiger partial charge in [-0.25, -0.2) is 0 Å². The lowest BCUT2D eigenvalue weighted by atomic mass is 9.84. The van der Waals surface area contributed by atoms with Gasteiger partial charge in [0.1, 0.15) is 0 Å². The van der Waals surface area contributed by atoms with E-state index in [0.717, 1.165) is 0 Å². The van der Waals surface area contributed by atoms with Crippen molar-refractivity contribution in [1.29, 1.82) is 0 Å². The van der Waals surface area contributed by atoms with Gasteiger partial charge in [0, 0.05) is 12.1 Å². The Hall–Kier alpha value is -1.86. The van der Waals surface area contributed by atoms with Gasteiger partial charge >= 0.3 is 0 Å². The van der Waals surface area contributed by atoms with Crippen molar-refractivity contribution >= 4 is 5.57 Å². The van der Waals surface area contributed by atoms with Crippen LogP contribution in [0.2, 0.25) is 0 Å². The van der Waals surface area contributed by atoms with Crippen LogP contribution in [0.5, 0.6) is 0 Å². The van der Waals surface area contributed by atoms with Gasteiger partial charge in [-0.05, 0) is 47.6 Å². The Bertz CT molecular complexity index is 657. The van der Waals surface area contributed by atoms with E-state index in [1.165, 1.54) is 47.9 Å². The normalized spacial score (nSPS) is 24.5. The zero-order valence-electron chi connectivity index (χ0n) is 12.3. The SMILES string of the molecule is C1=C(c2cccc(-c3ccccc3)c2)CC2CCCC1N2. The molecule has 2 aromatic carbocycles. The summed E-state index contributed by atoms with van der Waals surface area (Å²) in [5.74, 6) is 0. The molecule has 1 saturated heterocycles. The molecule has 0 aliphatic carbocycles. The van der Waals surface area contributed by atoms with Crippen LogP contribution in [0, 0.1) is 0 Å². The van der Waals surface area contributed by atoms with Crippen LogP contribution in [0.25, 0.3) is 16.7 Å². The van der Waals surface area contributed by atoms with E-state index in [1.54, 1.807) is 0 Å². The van der Waals surface area contributed by atoms with Crippen molar-refractivity contribution in [3.63, 3.8) is 0 Å². The maximum Gasteiger partial charge on any atom is 0.0258 e. The molecule has 1 N–H and O–H groups in total. The van der Waals surface area contributed by atoms with Gasteiger partial charge in [0.15, 0.2) is 0 Å². The van der Waals surface area contributed by atoms with Crippen molar-refractivity contribution in [3.05, 3.63) is 66.2 Å². The first-order chi connectivity index (χ1) is 10.4. The van der Waals surface area contributed by atoms with Gasteiger partial charge in [-0.2, -0.15) is 0 Å². The predicted octanol–water partition coefficient (Wildman–Crippen LogP) is 4.65. The Morgan fingerprint density at radius 3 is 2.48 bits per heavy atom. The number of piperidine rings is 1. The van der Waals surface area contributed by atoms with E-state index in [0.29, 0.717) is 12.1 Å². The van der Waals surface area contributed by atoms with Crippen molar-refractivity contribution < 1.29 is 0 Å². The lowest BCUT2D eigenvalue weighted by Gasteiger charge is -2.35. The van der Waals surface area contributed by atoms with Crippen molar-refractivity contribution in [1.82, 2.24) is 5.32 Å². The fourth-order valence-electron chi connectivity index (χ4n) is 3.67. The number of nitrogens with one attached hydrogen (secondary N) is 1. The summed E-state index contributed by atoms with van der Waals surface area (Å²) in [7, 11) is 0. The molecule has 0 aromatic heterocycles. The first-order valence-electron chi connectivity index (χ1n) is 8.01. The van der Waals surface area contributed by atoms with Crippen LogP contribution in [0.1, 0.15) is 31.2 Å². The molecule has 0 amide bonds. The minimum absolute atomic E-state index is 0.591. The topological polar surface area (TPSA) is 12.0 Å². The summed E-state index contributed by atoms with van der Waals surface area (Å²) in [6.45, 7) is 0. The highest BCUT2D eigenvalue weighted by Crippen LogP contribution is 2.32. The molecular formula is C20H21N. The minimum Gasteiger partial charge on any atom is -0.307 e. The highest BCUT2D eigenvalue weighted by Gasteiger charge is 2.25. The first kappa shape index (κ1) is 12.8. The summed E-state index contributed by atoms with van der Waals surface area (Å²) in [6.07, 6.45) is 7.62. The molecule has 21 heavy (non-hydrogen) atoms. The molecule has 0 spiro atoms. The van der Waals surface area contributed by atoms with Crippen LogP contribution >= 0.6 is 0 Å². The summed E-state index contributed by atoms with van der Waals surface area (Å²) in [5.41, 5.74) is 5.54. The van der Waals surface area contributed by atoms with Gasteiger partial charge in [-0.15, -0.1) is 0 Å².